The summed E-state index contributed by atoms with van der Waals surface area (Å²) in [6.07, 6.45) is 15.1. The van der Waals surface area contributed by atoms with Crippen LogP contribution in [0, 0.1) is 17.8 Å². The highest BCUT2D eigenvalue weighted by Gasteiger charge is 2.18. The second kappa shape index (κ2) is 7.09. The highest BCUT2D eigenvalue weighted by atomic mass is 14.2. The summed E-state index contributed by atoms with van der Waals surface area (Å²) in [4.78, 5) is 0. The van der Waals surface area contributed by atoms with Gasteiger partial charge in [0.2, 0.25) is 0 Å². The Balaban J connectivity index is 2.47. The molecule has 0 saturated heterocycles. The molecule has 0 aromatic heterocycles. The fourth-order valence-corrected chi connectivity index (χ4v) is 2.73. The van der Waals surface area contributed by atoms with E-state index in [1.54, 1.807) is 0 Å². The minimum absolute atomic E-state index is 0.713. The Morgan fingerprint density at radius 2 is 1.60 bits per heavy atom. The quantitative estimate of drug-likeness (QED) is 0.440. The van der Waals surface area contributed by atoms with Gasteiger partial charge in [0.1, 0.15) is 0 Å². The van der Waals surface area contributed by atoms with Crippen LogP contribution in [-0.2, 0) is 0 Å². The Hall–Kier alpha value is -0.260. The van der Waals surface area contributed by atoms with Gasteiger partial charge in [0.25, 0.3) is 0 Å². The van der Waals surface area contributed by atoms with E-state index in [0.717, 1.165) is 11.8 Å². The van der Waals surface area contributed by atoms with Crippen molar-refractivity contribution in [2.75, 3.05) is 0 Å². The zero-order chi connectivity index (χ0) is 11.1. The SMILES string of the molecule is CCC(C=CC(C)C)C1CCCCCC1. The third-order valence-corrected chi connectivity index (χ3v) is 3.72. The fraction of sp³-hybridized carbons (Fsp3) is 0.867. The first-order valence-electron chi connectivity index (χ1n) is 6.92. The van der Waals surface area contributed by atoms with Gasteiger partial charge in [-0.05, 0) is 37.0 Å². The van der Waals surface area contributed by atoms with Crippen molar-refractivity contribution < 1.29 is 0 Å². The molecular formula is C15H28. The lowest BCUT2D eigenvalue weighted by atomic mass is 9.84. The predicted octanol–water partition coefficient (Wildman–Crippen LogP) is 5.20. The fourth-order valence-electron chi connectivity index (χ4n) is 2.73. The molecule has 0 aromatic rings. The molecule has 1 aliphatic rings. The summed E-state index contributed by atoms with van der Waals surface area (Å²) in [6.45, 7) is 6.90. The third-order valence-electron chi connectivity index (χ3n) is 3.72. The van der Waals surface area contributed by atoms with Crippen LogP contribution in [-0.4, -0.2) is 0 Å². The molecular weight excluding hydrogens is 180 g/mol. The average Bonchev–Trinajstić information content (AvgIpc) is 2.47. The highest BCUT2D eigenvalue weighted by molar-refractivity contribution is 4.93. The predicted molar refractivity (Wildman–Crippen MR) is 69.0 cm³/mol. The maximum atomic E-state index is 2.50. The standard InChI is InChI=1S/C15H28/c1-4-14(12-11-13(2)3)15-9-7-5-6-8-10-15/h11-15H,4-10H2,1-3H3. The van der Waals surface area contributed by atoms with Gasteiger partial charge in [-0.25, -0.2) is 0 Å². The molecule has 0 bridgehead atoms. The second-order valence-corrected chi connectivity index (χ2v) is 5.45. The molecule has 1 saturated carbocycles. The van der Waals surface area contributed by atoms with Crippen LogP contribution in [0.4, 0.5) is 0 Å². The molecule has 0 radical (unpaired) electrons. The van der Waals surface area contributed by atoms with E-state index >= 15 is 0 Å². The van der Waals surface area contributed by atoms with E-state index in [9.17, 15) is 0 Å². The maximum Gasteiger partial charge on any atom is -0.0208 e. The molecule has 15 heavy (non-hydrogen) atoms. The van der Waals surface area contributed by atoms with E-state index in [0.29, 0.717) is 5.92 Å². The third kappa shape index (κ3) is 4.86. The molecule has 1 unspecified atom stereocenters. The van der Waals surface area contributed by atoms with Gasteiger partial charge in [-0.2, -0.15) is 0 Å². The second-order valence-electron chi connectivity index (χ2n) is 5.45. The van der Waals surface area contributed by atoms with Crippen molar-refractivity contribution in [1.82, 2.24) is 0 Å². The summed E-state index contributed by atoms with van der Waals surface area (Å²) >= 11 is 0. The number of hydrogen-bond donors (Lipinski definition) is 0. The molecule has 1 rings (SSSR count). The Morgan fingerprint density at radius 1 is 1.00 bits per heavy atom. The number of allylic oxidation sites excluding steroid dienone is 2. The van der Waals surface area contributed by atoms with Crippen molar-refractivity contribution in [2.24, 2.45) is 17.8 Å². The van der Waals surface area contributed by atoms with Crippen molar-refractivity contribution in [3.8, 4) is 0 Å². The lowest BCUT2D eigenvalue weighted by molar-refractivity contribution is 0.342. The summed E-state index contributed by atoms with van der Waals surface area (Å²) in [5.41, 5.74) is 0. The van der Waals surface area contributed by atoms with E-state index < -0.39 is 0 Å². The summed E-state index contributed by atoms with van der Waals surface area (Å²) in [5.74, 6) is 2.54. The van der Waals surface area contributed by atoms with Crippen molar-refractivity contribution >= 4 is 0 Å². The summed E-state index contributed by atoms with van der Waals surface area (Å²) in [7, 11) is 0. The van der Waals surface area contributed by atoms with Crippen LogP contribution in [0.2, 0.25) is 0 Å². The van der Waals surface area contributed by atoms with Crippen LogP contribution in [0.5, 0.6) is 0 Å². The first-order valence-corrected chi connectivity index (χ1v) is 6.92. The Morgan fingerprint density at radius 3 is 2.07 bits per heavy atom. The number of rotatable bonds is 4. The van der Waals surface area contributed by atoms with E-state index in [2.05, 4.69) is 32.9 Å². The van der Waals surface area contributed by atoms with Crippen LogP contribution in [0.25, 0.3) is 0 Å². The molecule has 0 spiro atoms. The zero-order valence-electron chi connectivity index (χ0n) is 10.8. The average molecular weight is 208 g/mol. The molecule has 0 heterocycles. The monoisotopic (exact) mass is 208 g/mol. The Kier molecular flexibility index (Phi) is 6.05. The van der Waals surface area contributed by atoms with E-state index in [1.807, 2.05) is 0 Å². The molecule has 0 nitrogen and oxygen atoms in total. The molecule has 0 heteroatoms. The van der Waals surface area contributed by atoms with Gasteiger partial charge in [-0.3, -0.25) is 0 Å². The van der Waals surface area contributed by atoms with Crippen LogP contribution in [0.3, 0.4) is 0 Å². The first-order chi connectivity index (χ1) is 7.24. The van der Waals surface area contributed by atoms with E-state index in [1.165, 1.54) is 44.9 Å². The van der Waals surface area contributed by atoms with E-state index in [4.69, 9.17) is 0 Å². The molecule has 1 aliphatic carbocycles. The lowest BCUT2D eigenvalue weighted by Crippen LogP contribution is -2.11. The van der Waals surface area contributed by atoms with Crippen molar-refractivity contribution in [2.45, 2.75) is 65.7 Å². The van der Waals surface area contributed by atoms with Crippen LogP contribution < -0.4 is 0 Å². The molecule has 0 aromatic carbocycles. The summed E-state index contributed by atoms with van der Waals surface area (Å²) < 4.78 is 0. The van der Waals surface area contributed by atoms with Gasteiger partial charge in [0, 0.05) is 0 Å². The lowest BCUT2D eigenvalue weighted by Gasteiger charge is -2.22. The summed E-state index contributed by atoms with van der Waals surface area (Å²) in [5, 5.41) is 0. The van der Waals surface area contributed by atoms with Crippen molar-refractivity contribution in [3.05, 3.63) is 12.2 Å². The molecule has 0 aliphatic heterocycles. The topological polar surface area (TPSA) is 0 Å². The minimum Gasteiger partial charge on any atom is -0.0857 e. The highest BCUT2D eigenvalue weighted by Crippen LogP contribution is 2.31. The molecule has 0 N–H and O–H groups in total. The van der Waals surface area contributed by atoms with Gasteiger partial charge in [-0.15, -0.1) is 0 Å². The van der Waals surface area contributed by atoms with Gasteiger partial charge in [0.05, 0.1) is 0 Å². The van der Waals surface area contributed by atoms with Gasteiger partial charge in [0.15, 0.2) is 0 Å². The zero-order valence-corrected chi connectivity index (χ0v) is 10.8. The smallest absolute Gasteiger partial charge is 0.0208 e. The van der Waals surface area contributed by atoms with Crippen LogP contribution in [0.15, 0.2) is 12.2 Å². The summed E-state index contributed by atoms with van der Waals surface area (Å²) in [6, 6.07) is 0. The number of hydrogen-bond acceptors (Lipinski definition) is 0. The largest absolute Gasteiger partial charge is 0.0857 e. The van der Waals surface area contributed by atoms with Crippen LogP contribution >= 0.6 is 0 Å². The Bertz CT molecular complexity index is 170. The first kappa shape index (κ1) is 12.8. The maximum absolute atomic E-state index is 2.50. The van der Waals surface area contributed by atoms with Gasteiger partial charge < -0.3 is 0 Å². The van der Waals surface area contributed by atoms with Gasteiger partial charge in [-0.1, -0.05) is 58.6 Å². The molecule has 1 fully saturated rings. The van der Waals surface area contributed by atoms with E-state index in [-0.39, 0.29) is 0 Å². The molecule has 1 atom stereocenters. The molecule has 0 amide bonds. The minimum atomic E-state index is 0.713. The normalized spacial score (nSPS) is 22.1. The van der Waals surface area contributed by atoms with Crippen molar-refractivity contribution in [1.29, 1.82) is 0 Å². The molecule has 88 valence electrons. The Labute approximate surface area is 96.2 Å². The van der Waals surface area contributed by atoms with Crippen LogP contribution in [0.1, 0.15) is 65.7 Å². The van der Waals surface area contributed by atoms with Gasteiger partial charge >= 0.3 is 0 Å². The van der Waals surface area contributed by atoms with Crippen molar-refractivity contribution in [3.63, 3.8) is 0 Å².